The van der Waals surface area contributed by atoms with Gasteiger partial charge in [0.2, 0.25) is 5.12 Å². The third-order valence-corrected chi connectivity index (χ3v) is 2.09. The summed E-state index contributed by atoms with van der Waals surface area (Å²) in [6.45, 7) is 4.73. The van der Waals surface area contributed by atoms with Crippen molar-refractivity contribution < 1.29 is 4.79 Å². The van der Waals surface area contributed by atoms with Crippen molar-refractivity contribution in [2.75, 3.05) is 6.54 Å². The molecule has 0 aliphatic heterocycles. The van der Waals surface area contributed by atoms with Gasteiger partial charge in [-0.3, -0.25) is 4.79 Å². The van der Waals surface area contributed by atoms with Gasteiger partial charge in [0, 0.05) is 6.04 Å². The molecule has 0 aromatic heterocycles. The summed E-state index contributed by atoms with van der Waals surface area (Å²) in [5.74, 6) is 0. The maximum Gasteiger partial charge on any atom is 0.202 e. The van der Waals surface area contributed by atoms with Gasteiger partial charge in [-0.05, 0) is 19.4 Å². The Morgan fingerprint density at radius 3 is 2.46 bits per heavy atom. The fourth-order valence-corrected chi connectivity index (χ4v) is 1.38. The van der Waals surface area contributed by atoms with E-state index in [1.165, 1.54) is 0 Å². The average molecular weight is 204 g/mol. The summed E-state index contributed by atoms with van der Waals surface area (Å²) < 4.78 is 0. The van der Waals surface area contributed by atoms with E-state index in [4.69, 9.17) is 5.73 Å². The molecule has 13 heavy (non-hydrogen) atoms. The van der Waals surface area contributed by atoms with Crippen LogP contribution in [0.4, 0.5) is 0 Å². The number of nitrogens with two attached hydrogens (primary N) is 1. The minimum absolute atomic E-state index is 0.0780. The van der Waals surface area contributed by atoms with Gasteiger partial charge in [-0.25, -0.2) is 0 Å². The first kappa shape index (κ1) is 12.9. The zero-order valence-electron chi connectivity index (χ0n) is 8.42. The average Bonchev–Trinajstić information content (AvgIpc) is 2.02. The molecule has 0 saturated heterocycles. The molecule has 0 aliphatic rings. The fourth-order valence-electron chi connectivity index (χ4n) is 1.17. The summed E-state index contributed by atoms with van der Waals surface area (Å²) in [6, 6.07) is 0.203. The highest BCUT2D eigenvalue weighted by Crippen LogP contribution is 2.04. The first-order chi connectivity index (χ1) is 6.07. The lowest BCUT2D eigenvalue weighted by Crippen LogP contribution is -2.39. The number of rotatable bonds is 7. The van der Waals surface area contributed by atoms with Crippen LogP contribution in [0.25, 0.3) is 0 Å². The van der Waals surface area contributed by atoms with Gasteiger partial charge >= 0.3 is 0 Å². The molecular weight excluding hydrogens is 184 g/mol. The van der Waals surface area contributed by atoms with Gasteiger partial charge in [-0.1, -0.05) is 20.3 Å². The summed E-state index contributed by atoms with van der Waals surface area (Å²) >= 11 is 3.84. The maximum atomic E-state index is 11.0. The molecule has 0 spiro atoms. The molecule has 4 heteroatoms. The van der Waals surface area contributed by atoms with Crippen LogP contribution in [-0.4, -0.2) is 23.7 Å². The Bertz CT molecular complexity index is 151. The highest BCUT2D eigenvalue weighted by Gasteiger charge is 2.14. The van der Waals surface area contributed by atoms with E-state index >= 15 is 0 Å². The molecule has 0 aromatic carbocycles. The van der Waals surface area contributed by atoms with Crippen LogP contribution in [0.3, 0.4) is 0 Å². The van der Waals surface area contributed by atoms with Crippen LogP contribution in [0, 0.1) is 0 Å². The summed E-state index contributed by atoms with van der Waals surface area (Å²) in [4.78, 5) is 11.0. The van der Waals surface area contributed by atoms with Crippen LogP contribution in [0.15, 0.2) is 0 Å². The Labute approximate surface area is 85.9 Å². The van der Waals surface area contributed by atoms with Crippen molar-refractivity contribution in [2.45, 2.75) is 45.2 Å². The molecule has 0 aromatic rings. The topological polar surface area (TPSA) is 55.1 Å². The zero-order chi connectivity index (χ0) is 10.3. The molecule has 0 radical (unpaired) electrons. The SMILES string of the molecule is CC(C)NC(CCCCN)C(=O)S. The Kier molecular flexibility index (Phi) is 7.32. The molecule has 1 unspecified atom stereocenters. The Hall–Kier alpha value is -0.0600. The van der Waals surface area contributed by atoms with E-state index in [2.05, 4.69) is 17.9 Å². The lowest BCUT2D eigenvalue weighted by Gasteiger charge is -2.17. The van der Waals surface area contributed by atoms with Crippen molar-refractivity contribution in [1.29, 1.82) is 0 Å². The second-order valence-electron chi connectivity index (χ2n) is 3.50. The quantitative estimate of drug-likeness (QED) is 0.427. The van der Waals surface area contributed by atoms with Crippen LogP contribution < -0.4 is 11.1 Å². The van der Waals surface area contributed by atoms with E-state index in [-0.39, 0.29) is 11.2 Å². The van der Waals surface area contributed by atoms with Crippen molar-refractivity contribution in [1.82, 2.24) is 5.32 Å². The zero-order valence-corrected chi connectivity index (χ0v) is 9.31. The van der Waals surface area contributed by atoms with Crippen molar-refractivity contribution in [3.05, 3.63) is 0 Å². The van der Waals surface area contributed by atoms with Crippen LogP contribution in [0.2, 0.25) is 0 Å². The van der Waals surface area contributed by atoms with Crippen molar-refractivity contribution in [2.24, 2.45) is 5.73 Å². The lowest BCUT2D eigenvalue weighted by molar-refractivity contribution is -0.112. The molecular formula is C9H20N2OS. The van der Waals surface area contributed by atoms with Crippen LogP contribution in [0.5, 0.6) is 0 Å². The van der Waals surface area contributed by atoms with Gasteiger partial charge in [0.15, 0.2) is 0 Å². The predicted molar refractivity (Wildman–Crippen MR) is 59.0 cm³/mol. The van der Waals surface area contributed by atoms with E-state index < -0.39 is 0 Å². The van der Waals surface area contributed by atoms with Crippen molar-refractivity contribution in [3.63, 3.8) is 0 Å². The number of thiol groups is 1. The van der Waals surface area contributed by atoms with E-state index in [0.717, 1.165) is 19.3 Å². The molecule has 3 N–H and O–H groups in total. The summed E-state index contributed by atoms with van der Waals surface area (Å²) in [5.41, 5.74) is 5.37. The number of hydrogen-bond acceptors (Lipinski definition) is 3. The summed E-state index contributed by atoms with van der Waals surface area (Å²) in [5, 5.41) is 3.09. The summed E-state index contributed by atoms with van der Waals surface area (Å²) in [7, 11) is 0. The number of unbranched alkanes of at least 4 members (excludes halogenated alkanes) is 1. The standard InChI is InChI=1S/C9H20N2OS/c1-7(2)11-8(9(12)13)5-3-4-6-10/h7-8,11H,3-6,10H2,1-2H3,(H,12,13). The first-order valence-electron chi connectivity index (χ1n) is 4.76. The molecule has 0 saturated carbocycles. The van der Waals surface area contributed by atoms with E-state index in [1.807, 2.05) is 13.8 Å². The Morgan fingerprint density at radius 1 is 1.46 bits per heavy atom. The highest BCUT2D eigenvalue weighted by atomic mass is 32.1. The van der Waals surface area contributed by atoms with Gasteiger partial charge in [0.1, 0.15) is 0 Å². The maximum absolute atomic E-state index is 11.0. The molecule has 0 heterocycles. The number of carbonyl (C=O) groups excluding carboxylic acids is 1. The Balaban J connectivity index is 3.74. The van der Waals surface area contributed by atoms with Gasteiger partial charge in [-0.15, -0.1) is 12.6 Å². The smallest absolute Gasteiger partial charge is 0.202 e. The molecule has 0 fully saturated rings. The predicted octanol–water partition coefficient (Wildman–Crippen LogP) is 0.938. The van der Waals surface area contributed by atoms with Gasteiger partial charge in [0.05, 0.1) is 6.04 Å². The fraction of sp³-hybridized carbons (Fsp3) is 0.889. The number of carbonyl (C=O) groups is 1. The Morgan fingerprint density at radius 2 is 2.08 bits per heavy atom. The highest BCUT2D eigenvalue weighted by molar-refractivity contribution is 7.96. The third kappa shape index (κ3) is 7.05. The van der Waals surface area contributed by atoms with Gasteiger partial charge in [0.25, 0.3) is 0 Å². The first-order valence-corrected chi connectivity index (χ1v) is 5.21. The number of hydrogen-bond donors (Lipinski definition) is 3. The van der Waals surface area contributed by atoms with Crippen LogP contribution in [-0.2, 0) is 4.79 Å². The van der Waals surface area contributed by atoms with E-state index in [0.29, 0.717) is 12.6 Å². The lowest BCUT2D eigenvalue weighted by atomic mass is 10.1. The van der Waals surface area contributed by atoms with Gasteiger partial charge in [-0.2, -0.15) is 0 Å². The van der Waals surface area contributed by atoms with Crippen molar-refractivity contribution >= 4 is 17.7 Å². The molecule has 78 valence electrons. The minimum atomic E-state index is -0.116. The van der Waals surface area contributed by atoms with Crippen molar-refractivity contribution in [3.8, 4) is 0 Å². The van der Waals surface area contributed by atoms with Gasteiger partial charge < -0.3 is 11.1 Å². The second-order valence-corrected chi connectivity index (χ2v) is 3.94. The van der Waals surface area contributed by atoms with E-state index in [1.54, 1.807) is 0 Å². The molecule has 3 nitrogen and oxygen atoms in total. The van der Waals surface area contributed by atoms with E-state index in [9.17, 15) is 4.79 Å². The number of nitrogens with one attached hydrogen (secondary N) is 1. The molecule has 0 amide bonds. The molecule has 0 aliphatic carbocycles. The third-order valence-electron chi connectivity index (χ3n) is 1.78. The summed E-state index contributed by atoms with van der Waals surface area (Å²) in [6.07, 6.45) is 2.78. The van der Waals surface area contributed by atoms with Crippen LogP contribution in [0.1, 0.15) is 33.1 Å². The monoisotopic (exact) mass is 204 g/mol. The van der Waals surface area contributed by atoms with Crippen LogP contribution >= 0.6 is 12.6 Å². The minimum Gasteiger partial charge on any atom is -0.330 e. The molecule has 0 bridgehead atoms. The largest absolute Gasteiger partial charge is 0.330 e. The molecule has 1 atom stereocenters. The molecule has 0 rings (SSSR count). The second kappa shape index (κ2) is 7.35. The normalized spacial score (nSPS) is 13.3.